The average Bonchev–Trinajstić information content (AvgIpc) is 2.08. The standard InChI is InChI=1S/C8H12Br4/c1-2-4-3-5(9)7(11)8(12)6(4)10/h4-8H,2-3H2,1H3. The van der Waals surface area contributed by atoms with Crippen LogP contribution in [0.3, 0.4) is 0 Å². The van der Waals surface area contributed by atoms with Gasteiger partial charge in [0, 0.05) is 19.3 Å². The van der Waals surface area contributed by atoms with E-state index in [0.717, 1.165) is 5.92 Å². The van der Waals surface area contributed by atoms with E-state index >= 15 is 0 Å². The van der Waals surface area contributed by atoms with Crippen LogP contribution in [0.25, 0.3) is 0 Å². The largest absolute Gasteiger partial charge is 0.0878 e. The Morgan fingerprint density at radius 1 is 1.00 bits per heavy atom. The summed E-state index contributed by atoms with van der Waals surface area (Å²) in [5, 5.41) is 0. The molecular formula is C8H12Br4. The molecule has 72 valence electrons. The minimum absolute atomic E-state index is 0.528. The van der Waals surface area contributed by atoms with Crippen LogP contribution in [-0.2, 0) is 0 Å². The summed E-state index contributed by atoms with van der Waals surface area (Å²) >= 11 is 14.9. The van der Waals surface area contributed by atoms with Gasteiger partial charge in [0.05, 0.1) is 0 Å². The molecule has 1 aliphatic carbocycles. The number of hydrogen-bond acceptors (Lipinski definition) is 0. The van der Waals surface area contributed by atoms with Crippen LogP contribution < -0.4 is 0 Å². The summed E-state index contributed by atoms with van der Waals surface area (Å²) in [7, 11) is 0. The fourth-order valence-electron chi connectivity index (χ4n) is 1.58. The van der Waals surface area contributed by atoms with Gasteiger partial charge in [0.2, 0.25) is 0 Å². The maximum Gasteiger partial charge on any atom is 0.0409 e. The molecule has 0 saturated heterocycles. The smallest absolute Gasteiger partial charge is 0.0409 e. The van der Waals surface area contributed by atoms with Crippen molar-refractivity contribution < 1.29 is 0 Å². The monoisotopic (exact) mass is 424 g/mol. The number of hydrogen-bond donors (Lipinski definition) is 0. The topological polar surface area (TPSA) is 0 Å². The molecule has 5 atom stereocenters. The van der Waals surface area contributed by atoms with Gasteiger partial charge in [-0.15, -0.1) is 0 Å². The van der Waals surface area contributed by atoms with E-state index in [1.807, 2.05) is 0 Å². The van der Waals surface area contributed by atoms with E-state index in [1.165, 1.54) is 12.8 Å². The first kappa shape index (κ1) is 12.0. The highest BCUT2D eigenvalue weighted by Crippen LogP contribution is 2.42. The molecule has 1 rings (SSSR count). The maximum absolute atomic E-state index is 3.75. The molecular weight excluding hydrogens is 416 g/mol. The van der Waals surface area contributed by atoms with E-state index in [0.29, 0.717) is 19.3 Å². The predicted octanol–water partition coefficient (Wildman–Crippen LogP) is 4.47. The van der Waals surface area contributed by atoms with Crippen LogP contribution in [0.15, 0.2) is 0 Å². The molecule has 0 aromatic heterocycles. The van der Waals surface area contributed by atoms with Crippen molar-refractivity contribution in [1.29, 1.82) is 0 Å². The number of alkyl halides is 4. The molecule has 0 aromatic rings. The zero-order chi connectivity index (χ0) is 9.30. The molecule has 0 N–H and O–H groups in total. The summed E-state index contributed by atoms with van der Waals surface area (Å²) < 4.78 is 0. The van der Waals surface area contributed by atoms with Crippen LogP contribution >= 0.6 is 63.7 Å². The molecule has 4 heteroatoms. The third kappa shape index (κ3) is 2.48. The first-order chi connectivity index (χ1) is 5.57. The second kappa shape index (κ2) is 5.13. The van der Waals surface area contributed by atoms with Crippen LogP contribution in [-0.4, -0.2) is 19.3 Å². The second-order valence-electron chi connectivity index (χ2n) is 3.25. The molecule has 5 unspecified atom stereocenters. The highest BCUT2D eigenvalue weighted by atomic mass is 79.9. The Labute approximate surface area is 108 Å². The third-order valence-corrected chi connectivity index (χ3v) is 9.19. The molecule has 0 nitrogen and oxygen atoms in total. The van der Waals surface area contributed by atoms with Crippen molar-refractivity contribution in [3.63, 3.8) is 0 Å². The Kier molecular flexibility index (Phi) is 5.12. The Balaban J connectivity index is 2.63. The summed E-state index contributed by atoms with van der Waals surface area (Å²) in [5.41, 5.74) is 0. The van der Waals surface area contributed by atoms with E-state index in [1.54, 1.807) is 0 Å². The van der Waals surface area contributed by atoms with Gasteiger partial charge in [0.1, 0.15) is 0 Å². The van der Waals surface area contributed by atoms with Gasteiger partial charge in [0.25, 0.3) is 0 Å². The normalized spacial score (nSPS) is 49.2. The van der Waals surface area contributed by atoms with Crippen molar-refractivity contribution in [3.8, 4) is 0 Å². The lowest BCUT2D eigenvalue weighted by atomic mass is 9.87. The van der Waals surface area contributed by atoms with Crippen LogP contribution in [0, 0.1) is 5.92 Å². The molecule has 1 saturated carbocycles. The Hall–Kier alpha value is 1.92. The highest BCUT2D eigenvalue weighted by Gasteiger charge is 2.39. The number of rotatable bonds is 1. The van der Waals surface area contributed by atoms with Gasteiger partial charge in [-0.3, -0.25) is 0 Å². The van der Waals surface area contributed by atoms with Gasteiger partial charge in [-0.1, -0.05) is 77.1 Å². The van der Waals surface area contributed by atoms with E-state index in [2.05, 4.69) is 70.6 Å². The summed E-state index contributed by atoms with van der Waals surface area (Å²) in [5.74, 6) is 0.785. The fraction of sp³-hybridized carbons (Fsp3) is 1.00. The lowest BCUT2D eigenvalue weighted by Crippen LogP contribution is -2.42. The van der Waals surface area contributed by atoms with Crippen molar-refractivity contribution >= 4 is 63.7 Å². The van der Waals surface area contributed by atoms with E-state index < -0.39 is 0 Å². The van der Waals surface area contributed by atoms with Crippen LogP contribution in [0.2, 0.25) is 0 Å². The maximum atomic E-state index is 3.75. The first-order valence-electron chi connectivity index (χ1n) is 4.14. The highest BCUT2D eigenvalue weighted by molar-refractivity contribution is 9.14. The SMILES string of the molecule is CCC1CC(Br)C(Br)C(Br)C1Br. The Bertz CT molecular complexity index is 145. The van der Waals surface area contributed by atoms with Crippen molar-refractivity contribution in [2.24, 2.45) is 5.92 Å². The van der Waals surface area contributed by atoms with Crippen LogP contribution in [0.4, 0.5) is 0 Å². The molecule has 0 heterocycles. The molecule has 0 aromatic carbocycles. The predicted molar refractivity (Wildman–Crippen MR) is 69.3 cm³/mol. The van der Waals surface area contributed by atoms with E-state index in [4.69, 9.17) is 0 Å². The van der Waals surface area contributed by atoms with Gasteiger partial charge >= 0.3 is 0 Å². The quantitative estimate of drug-likeness (QED) is 0.542. The minimum Gasteiger partial charge on any atom is -0.0878 e. The minimum atomic E-state index is 0.528. The zero-order valence-electron chi connectivity index (χ0n) is 6.81. The molecule has 12 heavy (non-hydrogen) atoms. The van der Waals surface area contributed by atoms with Gasteiger partial charge < -0.3 is 0 Å². The Morgan fingerprint density at radius 3 is 2.08 bits per heavy atom. The average molecular weight is 428 g/mol. The van der Waals surface area contributed by atoms with Gasteiger partial charge in [-0.25, -0.2) is 0 Å². The van der Waals surface area contributed by atoms with Crippen molar-refractivity contribution in [3.05, 3.63) is 0 Å². The van der Waals surface area contributed by atoms with Crippen molar-refractivity contribution in [2.75, 3.05) is 0 Å². The summed E-state index contributed by atoms with van der Waals surface area (Å²) in [6, 6.07) is 0. The second-order valence-corrected chi connectivity index (χ2v) is 7.60. The Morgan fingerprint density at radius 2 is 1.58 bits per heavy atom. The first-order valence-corrected chi connectivity index (χ1v) is 7.80. The molecule has 0 radical (unpaired) electrons. The molecule has 1 fully saturated rings. The van der Waals surface area contributed by atoms with Gasteiger partial charge in [-0.05, 0) is 12.3 Å². The fourth-order valence-corrected chi connectivity index (χ4v) is 5.47. The third-order valence-electron chi connectivity index (χ3n) is 2.46. The van der Waals surface area contributed by atoms with Gasteiger partial charge in [0.15, 0.2) is 0 Å². The van der Waals surface area contributed by atoms with Crippen LogP contribution in [0.5, 0.6) is 0 Å². The molecule has 0 amide bonds. The summed E-state index contributed by atoms with van der Waals surface area (Å²) in [6.45, 7) is 2.26. The van der Waals surface area contributed by atoms with Crippen molar-refractivity contribution in [1.82, 2.24) is 0 Å². The number of halogens is 4. The molecule has 0 bridgehead atoms. The zero-order valence-corrected chi connectivity index (χ0v) is 13.2. The molecule has 0 aliphatic heterocycles. The lowest BCUT2D eigenvalue weighted by molar-refractivity contribution is 0.396. The summed E-state index contributed by atoms with van der Waals surface area (Å²) in [6.07, 6.45) is 2.50. The summed E-state index contributed by atoms with van der Waals surface area (Å²) in [4.78, 5) is 2.26. The lowest BCUT2D eigenvalue weighted by Gasteiger charge is -2.37. The molecule has 0 spiro atoms. The molecule has 1 aliphatic rings. The van der Waals surface area contributed by atoms with E-state index in [9.17, 15) is 0 Å². The van der Waals surface area contributed by atoms with Crippen molar-refractivity contribution in [2.45, 2.75) is 39.1 Å². The van der Waals surface area contributed by atoms with Crippen LogP contribution in [0.1, 0.15) is 19.8 Å². The van der Waals surface area contributed by atoms with Gasteiger partial charge in [-0.2, -0.15) is 0 Å². The van der Waals surface area contributed by atoms with E-state index in [-0.39, 0.29) is 0 Å².